The van der Waals surface area contributed by atoms with Crippen molar-refractivity contribution >= 4 is 5.96 Å². The highest BCUT2D eigenvalue weighted by Gasteiger charge is 2.03. The van der Waals surface area contributed by atoms with Crippen LogP contribution in [0, 0.1) is 0 Å². The highest BCUT2D eigenvalue weighted by atomic mass is 15.3. The second-order valence-corrected chi connectivity index (χ2v) is 2.19. The fourth-order valence-electron chi connectivity index (χ4n) is 0.356. The van der Waals surface area contributed by atoms with Gasteiger partial charge in [0.25, 0.3) is 0 Å². The largest absolute Gasteiger partial charge is 0.368 e. The fraction of sp³-hybridized carbons (Fsp3) is 0.800. The van der Waals surface area contributed by atoms with Gasteiger partial charge in [-0.1, -0.05) is 0 Å². The van der Waals surface area contributed by atoms with Crippen LogP contribution in [-0.4, -0.2) is 23.9 Å². The third-order valence-corrected chi connectivity index (χ3v) is 1.27. The minimum Gasteiger partial charge on any atom is -0.368 e. The molecule has 0 aromatic rings. The van der Waals surface area contributed by atoms with Gasteiger partial charge in [-0.05, 0) is 13.8 Å². The summed E-state index contributed by atoms with van der Waals surface area (Å²) in [5.74, 6) is 5.30. The molecule has 0 fully saturated rings. The van der Waals surface area contributed by atoms with Crippen LogP contribution in [0.3, 0.4) is 0 Å². The highest BCUT2D eigenvalue weighted by Crippen LogP contribution is 1.90. The van der Waals surface area contributed by atoms with E-state index in [4.69, 9.17) is 11.6 Å². The van der Waals surface area contributed by atoms with Crippen molar-refractivity contribution in [1.29, 1.82) is 0 Å². The molecule has 0 radical (unpaired) electrons. The molecule has 9 heavy (non-hydrogen) atoms. The predicted molar refractivity (Wildman–Crippen MR) is 38.7 cm³/mol. The summed E-state index contributed by atoms with van der Waals surface area (Å²) >= 11 is 0. The zero-order chi connectivity index (χ0) is 7.44. The Hall–Kier alpha value is -0.930. The van der Waals surface area contributed by atoms with Gasteiger partial charge in [-0.15, -0.1) is 5.10 Å². The van der Waals surface area contributed by atoms with E-state index in [2.05, 4.69) is 5.10 Å². The Bertz CT molecular complexity index is 108. The maximum Gasteiger partial charge on any atom is 0.213 e. The quantitative estimate of drug-likeness (QED) is 0.218. The first kappa shape index (κ1) is 8.07. The Balaban J connectivity index is 3.88. The number of nitrogens with two attached hydrogens (primary N) is 2. The third-order valence-electron chi connectivity index (χ3n) is 1.27. The SMILES string of the molecule is CC(C)N(C)C(N)=NN. The molecule has 4 nitrogen and oxygen atoms in total. The molecule has 0 atom stereocenters. The molecule has 4 heteroatoms. The Morgan fingerprint density at radius 2 is 2.00 bits per heavy atom. The first-order valence-corrected chi connectivity index (χ1v) is 2.85. The first-order valence-electron chi connectivity index (χ1n) is 2.85. The van der Waals surface area contributed by atoms with Gasteiger partial charge in [0.05, 0.1) is 0 Å². The minimum absolute atomic E-state index is 0.345. The van der Waals surface area contributed by atoms with Crippen molar-refractivity contribution in [2.24, 2.45) is 16.7 Å². The predicted octanol–water partition coefficient (Wildman–Crippen LogP) is -0.485. The summed E-state index contributed by atoms with van der Waals surface area (Å²) in [5.41, 5.74) is 5.37. The van der Waals surface area contributed by atoms with Crippen molar-refractivity contribution in [2.75, 3.05) is 7.05 Å². The summed E-state index contributed by atoms with van der Waals surface area (Å²) in [6.45, 7) is 4.02. The van der Waals surface area contributed by atoms with E-state index in [-0.39, 0.29) is 0 Å². The lowest BCUT2D eigenvalue weighted by Gasteiger charge is -2.20. The number of rotatable bonds is 1. The van der Waals surface area contributed by atoms with E-state index in [9.17, 15) is 0 Å². The monoisotopic (exact) mass is 130 g/mol. The maximum atomic E-state index is 5.37. The van der Waals surface area contributed by atoms with Crippen LogP contribution in [0.4, 0.5) is 0 Å². The van der Waals surface area contributed by atoms with Gasteiger partial charge in [0.2, 0.25) is 5.96 Å². The minimum atomic E-state index is 0.345. The molecule has 0 aliphatic rings. The standard InChI is InChI=1S/C5H14N4/c1-4(2)9(3)5(6)8-7/h4H,7H2,1-3H3,(H2,6,8). The van der Waals surface area contributed by atoms with Crippen LogP contribution in [0.15, 0.2) is 5.10 Å². The van der Waals surface area contributed by atoms with E-state index in [0.717, 1.165) is 0 Å². The second kappa shape index (κ2) is 3.17. The Morgan fingerprint density at radius 3 is 2.11 bits per heavy atom. The van der Waals surface area contributed by atoms with Gasteiger partial charge >= 0.3 is 0 Å². The summed E-state index contributed by atoms with van der Waals surface area (Å²) in [4.78, 5) is 1.79. The third kappa shape index (κ3) is 2.21. The summed E-state index contributed by atoms with van der Waals surface area (Å²) < 4.78 is 0. The molecule has 0 spiro atoms. The van der Waals surface area contributed by atoms with E-state index in [0.29, 0.717) is 12.0 Å². The van der Waals surface area contributed by atoms with Crippen molar-refractivity contribution < 1.29 is 0 Å². The van der Waals surface area contributed by atoms with Crippen molar-refractivity contribution in [3.05, 3.63) is 0 Å². The average Bonchev–Trinajstić information content (AvgIpc) is 1.84. The highest BCUT2D eigenvalue weighted by molar-refractivity contribution is 5.77. The molecule has 4 N–H and O–H groups in total. The number of nitrogens with zero attached hydrogens (tertiary/aromatic N) is 2. The molecule has 0 heterocycles. The van der Waals surface area contributed by atoms with Crippen LogP contribution < -0.4 is 11.6 Å². The van der Waals surface area contributed by atoms with Crippen LogP contribution >= 0.6 is 0 Å². The number of hydrogen-bond acceptors (Lipinski definition) is 2. The first-order chi connectivity index (χ1) is 4.09. The lowest BCUT2D eigenvalue weighted by Crippen LogP contribution is -2.39. The van der Waals surface area contributed by atoms with Crippen LogP contribution in [0.1, 0.15) is 13.8 Å². The fourth-order valence-corrected chi connectivity index (χ4v) is 0.356. The Morgan fingerprint density at radius 1 is 1.56 bits per heavy atom. The van der Waals surface area contributed by atoms with Crippen molar-refractivity contribution in [3.8, 4) is 0 Å². The number of hydrazone groups is 1. The van der Waals surface area contributed by atoms with Gasteiger partial charge in [-0.2, -0.15) is 0 Å². The molecule has 0 aliphatic carbocycles. The smallest absolute Gasteiger partial charge is 0.213 e. The van der Waals surface area contributed by atoms with Gasteiger partial charge in [0.1, 0.15) is 0 Å². The molecule has 0 rings (SSSR count). The normalized spacial score (nSPS) is 12.2. The molecule has 54 valence electrons. The van der Waals surface area contributed by atoms with E-state index in [1.54, 1.807) is 4.90 Å². The lowest BCUT2D eigenvalue weighted by atomic mass is 10.4. The van der Waals surface area contributed by atoms with Crippen LogP contribution in [-0.2, 0) is 0 Å². The summed E-state index contributed by atoms with van der Waals surface area (Å²) in [6.07, 6.45) is 0. The molecule has 0 bridgehead atoms. The Kier molecular flexibility index (Phi) is 2.84. The lowest BCUT2D eigenvalue weighted by molar-refractivity contribution is 0.411. The van der Waals surface area contributed by atoms with Gasteiger partial charge in [0, 0.05) is 13.1 Å². The summed E-state index contributed by atoms with van der Waals surface area (Å²) in [6, 6.07) is 0.345. The average molecular weight is 130 g/mol. The van der Waals surface area contributed by atoms with Crippen LogP contribution in [0.2, 0.25) is 0 Å². The van der Waals surface area contributed by atoms with Gasteiger partial charge in [-0.25, -0.2) is 0 Å². The van der Waals surface area contributed by atoms with E-state index < -0.39 is 0 Å². The van der Waals surface area contributed by atoms with Crippen molar-refractivity contribution in [3.63, 3.8) is 0 Å². The maximum absolute atomic E-state index is 5.37. The molecule has 0 aliphatic heterocycles. The summed E-state index contributed by atoms with van der Waals surface area (Å²) in [7, 11) is 1.84. The molecule has 0 saturated carbocycles. The van der Waals surface area contributed by atoms with Gasteiger partial charge < -0.3 is 16.5 Å². The Labute approximate surface area is 55.5 Å². The second-order valence-electron chi connectivity index (χ2n) is 2.19. The van der Waals surface area contributed by atoms with E-state index in [1.165, 1.54) is 0 Å². The van der Waals surface area contributed by atoms with Gasteiger partial charge in [0.15, 0.2) is 0 Å². The van der Waals surface area contributed by atoms with Gasteiger partial charge in [-0.3, -0.25) is 0 Å². The molecule has 0 unspecified atom stereocenters. The van der Waals surface area contributed by atoms with Crippen molar-refractivity contribution in [1.82, 2.24) is 4.90 Å². The van der Waals surface area contributed by atoms with E-state index in [1.807, 2.05) is 20.9 Å². The zero-order valence-electron chi connectivity index (χ0n) is 6.13. The molecule has 0 amide bonds. The zero-order valence-corrected chi connectivity index (χ0v) is 6.13. The van der Waals surface area contributed by atoms with E-state index >= 15 is 0 Å². The topological polar surface area (TPSA) is 67.6 Å². The molecular weight excluding hydrogens is 116 g/mol. The molecule has 0 saturated heterocycles. The number of hydrogen-bond donors (Lipinski definition) is 2. The molecule has 0 aromatic heterocycles. The molecular formula is C5H14N4. The molecule has 0 aromatic carbocycles. The number of guanidine groups is 1. The summed E-state index contributed by atoms with van der Waals surface area (Å²) in [5, 5.41) is 3.33. The van der Waals surface area contributed by atoms with Crippen LogP contribution in [0.5, 0.6) is 0 Å². The van der Waals surface area contributed by atoms with Crippen molar-refractivity contribution in [2.45, 2.75) is 19.9 Å². The van der Waals surface area contributed by atoms with Crippen LogP contribution in [0.25, 0.3) is 0 Å².